The zero-order valence-corrected chi connectivity index (χ0v) is 7.24. The molecule has 13 heavy (non-hydrogen) atoms. The number of hydrogen-bond donors (Lipinski definition) is 1. The largest absolute Gasteiger partial charge is 0.372 e. The molecule has 1 fully saturated rings. The van der Waals surface area contributed by atoms with E-state index in [4.69, 9.17) is 4.79 Å². The van der Waals surface area contributed by atoms with Crippen molar-refractivity contribution in [3.8, 4) is 0 Å². The highest BCUT2D eigenvalue weighted by atomic mass is 19.1. The minimum atomic E-state index is -0.135. The predicted octanol–water partition coefficient (Wildman–Crippen LogP) is 1.80. The maximum Gasteiger partial charge on any atom is 0.204 e. The zero-order valence-electron chi connectivity index (χ0n) is 7.24. The molecule has 70 valence electrons. The molecule has 0 aliphatic heterocycles. The van der Waals surface area contributed by atoms with Crippen LogP contribution in [-0.4, -0.2) is 6.41 Å². The van der Waals surface area contributed by atoms with Crippen molar-refractivity contribution in [1.82, 2.24) is 0 Å². The molecule has 0 atom stereocenters. The van der Waals surface area contributed by atoms with Gasteiger partial charge in [-0.05, 0) is 36.5 Å². The van der Waals surface area contributed by atoms with Crippen LogP contribution in [0.4, 0.5) is 4.39 Å². The van der Waals surface area contributed by atoms with Gasteiger partial charge in [-0.2, -0.15) is 0 Å². The molecule has 0 heterocycles. The van der Waals surface area contributed by atoms with E-state index in [1.807, 2.05) is 12.1 Å². The quantitative estimate of drug-likeness (QED) is 0.659. The Balaban J connectivity index is 0.000000251. The van der Waals surface area contributed by atoms with Crippen molar-refractivity contribution in [2.24, 2.45) is 5.73 Å². The Morgan fingerprint density at radius 1 is 1.31 bits per heavy atom. The van der Waals surface area contributed by atoms with Crippen LogP contribution in [0.1, 0.15) is 24.3 Å². The second-order valence-electron chi connectivity index (χ2n) is 2.96. The summed E-state index contributed by atoms with van der Waals surface area (Å²) in [4.78, 5) is 8.58. The van der Waals surface area contributed by atoms with Crippen molar-refractivity contribution in [3.05, 3.63) is 35.6 Å². The van der Waals surface area contributed by atoms with Crippen molar-refractivity contribution in [1.29, 1.82) is 0 Å². The van der Waals surface area contributed by atoms with E-state index in [1.165, 1.54) is 30.5 Å². The lowest BCUT2D eigenvalue weighted by Crippen LogP contribution is -1.82. The van der Waals surface area contributed by atoms with E-state index >= 15 is 0 Å². The average Bonchev–Trinajstić information content (AvgIpc) is 2.90. The van der Waals surface area contributed by atoms with E-state index in [1.54, 1.807) is 0 Å². The van der Waals surface area contributed by atoms with Crippen LogP contribution in [0.15, 0.2) is 24.3 Å². The van der Waals surface area contributed by atoms with Gasteiger partial charge < -0.3 is 5.73 Å². The number of hydrogen-bond acceptors (Lipinski definition) is 1. The summed E-state index contributed by atoms with van der Waals surface area (Å²) < 4.78 is 12.4. The minimum Gasteiger partial charge on any atom is -0.372 e. The van der Waals surface area contributed by atoms with Gasteiger partial charge in [-0.25, -0.2) is 4.39 Å². The second kappa shape index (κ2) is 4.60. The Hall–Kier alpha value is -1.38. The van der Waals surface area contributed by atoms with Gasteiger partial charge in [0.05, 0.1) is 0 Å². The molecule has 0 spiro atoms. The molecule has 2 rings (SSSR count). The first-order valence-corrected chi connectivity index (χ1v) is 4.18. The van der Waals surface area contributed by atoms with Gasteiger partial charge in [0, 0.05) is 0 Å². The van der Waals surface area contributed by atoms with Crippen LogP contribution >= 0.6 is 0 Å². The molecule has 2 N–H and O–H groups in total. The fraction of sp³-hybridized carbons (Fsp3) is 0.300. The van der Waals surface area contributed by atoms with Crippen molar-refractivity contribution in [2.45, 2.75) is 18.8 Å². The highest BCUT2D eigenvalue weighted by Crippen LogP contribution is 2.39. The van der Waals surface area contributed by atoms with Gasteiger partial charge in [0.25, 0.3) is 0 Å². The van der Waals surface area contributed by atoms with Crippen LogP contribution in [0.3, 0.4) is 0 Å². The number of primary amides is 1. The molecule has 1 saturated carbocycles. The number of rotatable bonds is 1. The number of carbonyl (C=O) groups is 1. The van der Waals surface area contributed by atoms with E-state index in [2.05, 4.69) is 5.73 Å². The highest BCUT2D eigenvalue weighted by molar-refractivity contribution is 5.42. The molecule has 1 aromatic carbocycles. The van der Waals surface area contributed by atoms with Gasteiger partial charge in [-0.15, -0.1) is 0 Å². The summed E-state index contributed by atoms with van der Waals surface area (Å²) in [5.41, 5.74) is 5.46. The van der Waals surface area contributed by atoms with Crippen LogP contribution < -0.4 is 5.73 Å². The number of amides is 1. The average molecular weight is 181 g/mol. The van der Waals surface area contributed by atoms with Crippen LogP contribution in [0.2, 0.25) is 0 Å². The van der Waals surface area contributed by atoms with Crippen molar-refractivity contribution in [3.63, 3.8) is 0 Å². The van der Waals surface area contributed by atoms with Crippen molar-refractivity contribution in [2.75, 3.05) is 0 Å². The van der Waals surface area contributed by atoms with E-state index in [-0.39, 0.29) is 12.2 Å². The maximum absolute atomic E-state index is 12.4. The number of halogens is 1. The molecule has 0 unspecified atom stereocenters. The Morgan fingerprint density at radius 3 is 2.15 bits per heavy atom. The molecule has 1 aromatic rings. The van der Waals surface area contributed by atoms with Crippen LogP contribution in [-0.2, 0) is 4.79 Å². The second-order valence-corrected chi connectivity index (χ2v) is 2.96. The summed E-state index contributed by atoms with van der Waals surface area (Å²) in [6.07, 6.45) is 2.82. The smallest absolute Gasteiger partial charge is 0.204 e. The van der Waals surface area contributed by atoms with E-state index < -0.39 is 0 Å². The molecule has 1 amide bonds. The molecule has 0 radical (unpaired) electrons. The SMILES string of the molecule is Fc1ccc(C2CC2)cc1.NC=O. The Morgan fingerprint density at radius 2 is 1.77 bits per heavy atom. The molecule has 0 aromatic heterocycles. The molecular formula is C10H12FNO. The van der Waals surface area contributed by atoms with Gasteiger partial charge in [0.1, 0.15) is 5.82 Å². The Bertz CT molecular complexity index is 267. The minimum absolute atomic E-state index is 0.135. The fourth-order valence-electron chi connectivity index (χ4n) is 1.15. The molecule has 3 heteroatoms. The van der Waals surface area contributed by atoms with Crippen molar-refractivity contribution < 1.29 is 9.18 Å². The third kappa shape index (κ3) is 3.23. The molecule has 1 aliphatic carbocycles. The first kappa shape index (κ1) is 9.71. The van der Waals surface area contributed by atoms with Gasteiger partial charge in [0.15, 0.2) is 0 Å². The normalized spacial score (nSPS) is 14.2. The lowest BCUT2D eigenvalue weighted by Gasteiger charge is -1.94. The monoisotopic (exact) mass is 181 g/mol. The number of nitrogens with two attached hydrogens (primary N) is 1. The summed E-state index contributed by atoms with van der Waals surface area (Å²) in [7, 11) is 0. The maximum atomic E-state index is 12.4. The molecule has 2 nitrogen and oxygen atoms in total. The van der Waals surface area contributed by atoms with Gasteiger partial charge in [-0.3, -0.25) is 4.79 Å². The lowest BCUT2D eigenvalue weighted by molar-refractivity contribution is -0.106. The van der Waals surface area contributed by atoms with Gasteiger partial charge >= 0.3 is 0 Å². The summed E-state index contributed by atoms with van der Waals surface area (Å²) in [5, 5.41) is 0. The van der Waals surface area contributed by atoms with Gasteiger partial charge in [0.2, 0.25) is 6.41 Å². The standard InChI is InChI=1S/C9H9F.CH3NO/c10-9-5-3-8(4-6-9)7-1-2-7;2-1-3/h3-7H,1-2H2;1H,(H2,2,3). The predicted molar refractivity (Wildman–Crippen MR) is 48.6 cm³/mol. The van der Waals surface area contributed by atoms with Crippen LogP contribution in [0.5, 0.6) is 0 Å². The third-order valence-electron chi connectivity index (χ3n) is 1.92. The van der Waals surface area contributed by atoms with Crippen LogP contribution in [0, 0.1) is 5.82 Å². The molecular weight excluding hydrogens is 169 g/mol. The highest BCUT2D eigenvalue weighted by Gasteiger charge is 2.22. The summed E-state index contributed by atoms with van der Waals surface area (Å²) in [6, 6.07) is 6.83. The molecule has 1 aliphatic rings. The fourth-order valence-corrected chi connectivity index (χ4v) is 1.15. The summed E-state index contributed by atoms with van der Waals surface area (Å²) in [5.74, 6) is 0.602. The Labute approximate surface area is 76.6 Å². The Kier molecular flexibility index (Phi) is 3.43. The lowest BCUT2D eigenvalue weighted by atomic mass is 10.1. The summed E-state index contributed by atoms with van der Waals surface area (Å²) in [6.45, 7) is 0. The first-order chi connectivity index (χ1) is 6.27. The summed E-state index contributed by atoms with van der Waals surface area (Å²) >= 11 is 0. The molecule has 0 saturated heterocycles. The first-order valence-electron chi connectivity index (χ1n) is 4.18. The topological polar surface area (TPSA) is 43.1 Å². The van der Waals surface area contributed by atoms with Crippen LogP contribution in [0.25, 0.3) is 0 Å². The van der Waals surface area contributed by atoms with E-state index in [9.17, 15) is 4.39 Å². The van der Waals surface area contributed by atoms with Gasteiger partial charge in [-0.1, -0.05) is 12.1 Å². The van der Waals surface area contributed by atoms with E-state index in [0.29, 0.717) is 0 Å². The number of carbonyl (C=O) groups excluding carboxylic acids is 1. The number of benzene rings is 1. The van der Waals surface area contributed by atoms with E-state index in [0.717, 1.165) is 5.92 Å². The third-order valence-corrected chi connectivity index (χ3v) is 1.92. The zero-order chi connectivity index (χ0) is 9.68. The van der Waals surface area contributed by atoms with Crippen molar-refractivity contribution >= 4 is 6.41 Å². The molecule has 0 bridgehead atoms.